The van der Waals surface area contributed by atoms with Crippen LogP contribution in [-0.4, -0.2) is 29.1 Å². The van der Waals surface area contributed by atoms with E-state index in [1.54, 1.807) is 12.1 Å². The highest BCUT2D eigenvalue weighted by Crippen LogP contribution is 2.37. The number of benzene rings is 2. The molecule has 5 heteroatoms. The number of rotatable bonds is 4. The highest BCUT2D eigenvalue weighted by atomic mass is 16.5. The van der Waals surface area contributed by atoms with Crippen molar-refractivity contribution in [1.82, 2.24) is 4.90 Å². The summed E-state index contributed by atoms with van der Waals surface area (Å²) in [5, 5.41) is 13.3. The van der Waals surface area contributed by atoms with Crippen LogP contribution >= 0.6 is 0 Å². The van der Waals surface area contributed by atoms with E-state index in [0.717, 1.165) is 17.7 Å². The second-order valence-electron chi connectivity index (χ2n) is 5.99. The lowest BCUT2D eigenvalue weighted by molar-refractivity contribution is 0.0593. The van der Waals surface area contributed by atoms with Crippen molar-refractivity contribution >= 4 is 11.6 Å². The van der Waals surface area contributed by atoms with E-state index in [2.05, 4.69) is 12.2 Å². The third-order valence-electron chi connectivity index (χ3n) is 4.55. The molecule has 1 aliphatic heterocycles. The molecule has 0 aromatic heterocycles. The number of nitrogens with one attached hydrogen (secondary N) is 1. The number of methoxy groups -OCH3 is 1. The van der Waals surface area contributed by atoms with Gasteiger partial charge in [-0.1, -0.05) is 25.1 Å². The Kier molecular flexibility index (Phi) is 4.34. The van der Waals surface area contributed by atoms with Crippen molar-refractivity contribution in [2.24, 2.45) is 0 Å². The van der Waals surface area contributed by atoms with Gasteiger partial charge >= 0.3 is 0 Å². The van der Waals surface area contributed by atoms with Crippen molar-refractivity contribution in [3.8, 4) is 11.5 Å². The summed E-state index contributed by atoms with van der Waals surface area (Å²) in [7, 11) is 1.51. The summed E-state index contributed by atoms with van der Waals surface area (Å²) < 4.78 is 5.21. The summed E-state index contributed by atoms with van der Waals surface area (Å²) >= 11 is 0. The Morgan fingerprint density at radius 2 is 2.04 bits per heavy atom. The number of phenols is 1. The van der Waals surface area contributed by atoms with E-state index in [-0.39, 0.29) is 23.9 Å². The fourth-order valence-electron chi connectivity index (χ4n) is 3.03. The Hall–Kier alpha value is -2.69. The third-order valence-corrected chi connectivity index (χ3v) is 4.55. The minimum atomic E-state index is -0.308. The van der Waals surface area contributed by atoms with E-state index < -0.39 is 0 Å². The van der Waals surface area contributed by atoms with Crippen molar-refractivity contribution < 1.29 is 14.6 Å². The molecule has 2 N–H and O–H groups in total. The molecule has 5 nitrogen and oxygen atoms in total. The molecule has 2 atom stereocenters. The van der Waals surface area contributed by atoms with Crippen molar-refractivity contribution in [1.29, 1.82) is 0 Å². The lowest BCUT2D eigenvalue weighted by Crippen LogP contribution is -2.47. The van der Waals surface area contributed by atoms with E-state index in [4.69, 9.17) is 4.74 Å². The first-order valence-electron chi connectivity index (χ1n) is 8.12. The maximum Gasteiger partial charge on any atom is 0.258 e. The molecule has 1 amide bonds. The average Bonchev–Trinajstić information content (AvgIpc) is 2.61. The zero-order valence-corrected chi connectivity index (χ0v) is 14.1. The zero-order chi connectivity index (χ0) is 17.3. The molecule has 1 heterocycles. The number of hydrogen-bond acceptors (Lipinski definition) is 4. The van der Waals surface area contributed by atoms with Gasteiger partial charge in [0, 0.05) is 11.7 Å². The quantitative estimate of drug-likeness (QED) is 0.898. The zero-order valence-electron chi connectivity index (χ0n) is 14.1. The van der Waals surface area contributed by atoms with Gasteiger partial charge < -0.3 is 20.1 Å². The molecular weight excluding hydrogens is 304 g/mol. The lowest BCUT2D eigenvalue weighted by atomic mass is 10.0. The molecule has 0 bridgehead atoms. The van der Waals surface area contributed by atoms with E-state index in [0.29, 0.717) is 11.3 Å². The van der Waals surface area contributed by atoms with Crippen LogP contribution in [0.15, 0.2) is 42.5 Å². The summed E-state index contributed by atoms with van der Waals surface area (Å²) in [6.07, 6.45) is 0.540. The van der Waals surface area contributed by atoms with Gasteiger partial charge in [-0.05, 0) is 43.2 Å². The van der Waals surface area contributed by atoms with Crippen LogP contribution in [0.2, 0.25) is 0 Å². The molecule has 1 aliphatic rings. The van der Waals surface area contributed by atoms with Crippen LogP contribution < -0.4 is 10.1 Å². The minimum Gasteiger partial charge on any atom is -0.504 e. The van der Waals surface area contributed by atoms with Gasteiger partial charge in [-0.2, -0.15) is 0 Å². The molecule has 2 aromatic carbocycles. The largest absolute Gasteiger partial charge is 0.504 e. The number of carbonyl (C=O) groups is 1. The Labute approximate surface area is 141 Å². The number of fused-ring (bicyclic) bond motifs is 1. The van der Waals surface area contributed by atoms with Gasteiger partial charge in [0.15, 0.2) is 11.5 Å². The van der Waals surface area contributed by atoms with Crippen LogP contribution in [0.5, 0.6) is 11.5 Å². The van der Waals surface area contributed by atoms with Crippen molar-refractivity contribution in [3.63, 3.8) is 0 Å². The molecule has 0 fully saturated rings. The van der Waals surface area contributed by atoms with Crippen molar-refractivity contribution in [2.75, 3.05) is 12.4 Å². The van der Waals surface area contributed by atoms with Gasteiger partial charge in [-0.25, -0.2) is 0 Å². The first-order valence-corrected chi connectivity index (χ1v) is 8.12. The van der Waals surface area contributed by atoms with Crippen LogP contribution in [0.1, 0.15) is 42.4 Å². The number of amides is 1. The van der Waals surface area contributed by atoms with E-state index in [1.165, 1.54) is 7.11 Å². The first kappa shape index (κ1) is 16.2. The SMILES string of the molecule is CCC(C)N1C(=O)c2ccccc2NC1c1ccc(O)c(OC)c1. The molecule has 0 saturated carbocycles. The summed E-state index contributed by atoms with van der Waals surface area (Å²) in [5.41, 5.74) is 2.37. The van der Waals surface area contributed by atoms with Crippen LogP contribution in [0.3, 0.4) is 0 Å². The second kappa shape index (κ2) is 6.43. The highest BCUT2D eigenvalue weighted by Gasteiger charge is 2.35. The standard InChI is InChI=1S/C19H22N2O3/c1-4-12(2)21-18(13-9-10-16(22)17(11-13)24-3)20-15-8-6-5-7-14(15)19(21)23/h5-12,18,20,22H,4H2,1-3H3. The molecule has 2 unspecified atom stereocenters. The molecule has 0 aliphatic carbocycles. The molecular formula is C19H22N2O3. The van der Waals surface area contributed by atoms with Gasteiger partial charge in [0.05, 0.1) is 12.7 Å². The first-order chi connectivity index (χ1) is 11.6. The maximum atomic E-state index is 13.0. The summed E-state index contributed by atoms with van der Waals surface area (Å²) in [4.78, 5) is 14.9. The van der Waals surface area contributed by atoms with E-state index in [9.17, 15) is 9.90 Å². The van der Waals surface area contributed by atoms with E-state index in [1.807, 2.05) is 42.2 Å². The lowest BCUT2D eigenvalue weighted by Gasteiger charge is -2.41. The normalized spacial score (nSPS) is 17.9. The fourth-order valence-corrected chi connectivity index (χ4v) is 3.03. The Morgan fingerprint density at radius 3 is 2.75 bits per heavy atom. The molecule has 24 heavy (non-hydrogen) atoms. The van der Waals surface area contributed by atoms with Crippen LogP contribution in [0.25, 0.3) is 0 Å². The molecule has 0 spiro atoms. The molecule has 126 valence electrons. The fraction of sp³-hybridized carbons (Fsp3) is 0.316. The number of carbonyl (C=O) groups excluding carboxylic acids is 1. The van der Waals surface area contributed by atoms with Gasteiger partial charge in [0.1, 0.15) is 6.17 Å². The maximum absolute atomic E-state index is 13.0. The van der Waals surface area contributed by atoms with Crippen LogP contribution in [0.4, 0.5) is 5.69 Å². The van der Waals surface area contributed by atoms with Gasteiger partial charge in [0.25, 0.3) is 5.91 Å². The Balaban J connectivity index is 2.09. The smallest absolute Gasteiger partial charge is 0.258 e. The van der Waals surface area contributed by atoms with Crippen LogP contribution in [0, 0.1) is 0 Å². The van der Waals surface area contributed by atoms with Crippen molar-refractivity contribution in [2.45, 2.75) is 32.5 Å². The number of anilines is 1. The summed E-state index contributed by atoms with van der Waals surface area (Å²) in [5.74, 6) is 0.485. The average molecular weight is 326 g/mol. The second-order valence-corrected chi connectivity index (χ2v) is 5.99. The number of para-hydroxylation sites is 1. The highest BCUT2D eigenvalue weighted by molar-refractivity contribution is 6.01. The molecule has 3 rings (SSSR count). The van der Waals surface area contributed by atoms with Gasteiger partial charge in [-0.15, -0.1) is 0 Å². The number of hydrogen-bond donors (Lipinski definition) is 2. The number of phenolic OH excluding ortho intramolecular Hbond substituents is 1. The van der Waals surface area contributed by atoms with Gasteiger partial charge in [0.2, 0.25) is 0 Å². The molecule has 2 aromatic rings. The summed E-state index contributed by atoms with van der Waals surface area (Å²) in [6, 6.07) is 12.8. The topological polar surface area (TPSA) is 61.8 Å². The number of nitrogens with zero attached hydrogens (tertiary/aromatic N) is 1. The molecule has 0 saturated heterocycles. The number of ether oxygens (including phenoxy) is 1. The van der Waals surface area contributed by atoms with Crippen LogP contribution in [-0.2, 0) is 0 Å². The predicted octanol–water partition coefficient (Wildman–Crippen LogP) is 3.77. The third kappa shape index (κ3) is 2.66. The van der Waals surface area contributed by atoms with Gasteiger partial charge in [-0.3, -0.25) is 4.79 Å². The minimum absolute atomic E-state index is 0.00995. The number of aromatic hydroxyl groups is 1. The van der Waals surface area contributed by atoms with Crippen molar-refractivity contribution in [3.05, 3.63) is 53.6 Å². The Morgan fingerprint density at radius 1 is 1.29 bits per heavy atom. The summed E-state index contributed by atoms with van der Waals surface area (Å²) in [6.45, 7) is 4.10. The predicted molar refractivity (Wildman–Crippen MR) is 93.4 cm³/mol. The van der Waals surface area contributed by atoms with E-state index >= 15 is 0 Å². The molecule has 0 radical (unpaired) electrons. The Bertz CT molecular complexity index is 760. The monoisotopic (exact) mass is 326 g/mol.